The van der Waals surface area contributed by atoms with Gasteiger partial charge in [0.2, 0.25) is 0 Å². The largest absolute Gasteiger partial charge is 0.497 e. The monoisotopic (exact) mass is 509 g/mol. The Morgan fingerprint density at radius 3 is 2.65 bits per heavy atom. The summed E-state index contributed by atoms with van der Waals surface area (Å²) in [6.07, 6.45) is 5.43. The number of aryl methyl sites for hydroxylation is 1. The first-order valence-corrected chi connectivity index (χ1v) is 12.9. The van der Waals surface area contributed by atoms with E-state index in [0.717, 1.165) is 60.4 Å². The minimum atomic E-state index is -0.263. The van der Waals surface area contributed by atoms with Gasteiger partial charge in [-0.1, -0.05) is 19.4 Å². The highest BCUT2D eigenvalue weighted by Crippen LogP contribution is 2.26. The van der Waals surface area contributed by atoms with Crippen LogP contribution in [0, 0.1) is 6.92 Å². The number of benzene rings is 2. The van der Waals surface area contributed by atoms with Crippen LogP contribution in [0.3, 0.4) is 0 Å². The van der Waals surface area contributed by atoms with E-state index in [0.29, 0.717) is 17.9 Å². The van der Waals surface area contributed by atoms with Crippen LogP contribution in [0.2, 0.25) is 0 Å². The van der Waals surface area contributed by atoms with Crippen molar-refractivity contribution in [2.45, 2.75) is 39.7 Å². The number of aliphatic imine (C=N–C) groups is 1. The number of nitrogens with one attached hydrogen (secondary N) is 2. The zero-order valence-electron chi connectivity index (χ0n) is 22.9. The van der Waals surface area contributed by atoms with E-state index in [-0.39, 0.29) is 18.6 Å². The summed E-state index contributed by atoms with van der Waals surface area (Å²) in [4.78, 5) is 19.6. The molecule has 0 saturated carbocycles. The van der Waals surface area contributed by atoms with E-state index >= 15 is 0 Å². The first kappa shape index (κ1) is 29.9. The number of nitrogens with zero attached hydrogens (tertiary/aromatic N) is 2. The van der Waals surface area contributed by atoms with Gasteiger partial charge < -0.3 is 26.2 Å². The van der Waals surface area contributed by atoms with Gasteiger partial charge in [0, 0.05) is 55.9 Å². The third-order valence-electron chi connectivity index (χ3n) is 6.28. The third kappa shape index (κ3) is 9.22. The Morgan fingerprint density at radius 1 is 1.22 bits per heavy atom. The molecule has 2 aromatic rings. The van der Waals surface area contributed by atoms with E-state index in [4.69, 9.17) is 10.5 Å². The molecule has 0 radical (unpaired) electrons. The summed E-state index contributed by atoms with van der Waals surface area (Å²) < 4.78 is 5.48. The zero-order chi connectivity index (χ0) is 27.2. The number of carbonyl (C=O) groups excluding carboxylic acids is 1. The predicted molar refractivity (Wildman–Crippen MR) is 154 cm³/mol. The maximum absolute atomic E-state index is 13.3. The molecule has 8 heteroatoms. The molecule has 202 valence electrons. The lowest BCUT2D eigenvalue weighted by Gasteiger charge is -2.21. The molecule has 1 amide bonds. The van der Waals surface area contributed by atoms with Crippen molar-refractivity contribution in [1.29, 1.82) is 0 Å². The number of nitrogens with two attached hydrogens (primary N) is 1. The molecule has 0 bridgehead atoms. The van der Waals surface area contributed by atoms with E-state index in [1.807, 2.05) is 50.2 Å². The summed E-state index contributed by atoms with van der Waals surface area (Å²) in [5, 5.41) is 15.9. The molecular weight excluding hydrogens is 466 g/mol. The van der Waals surface area contributed by atoms with E-state index < -0.39 is 0 Å². The van der Waals surface area contributed by atoms with Crippen molar-refractivity contribution in [1.82, 2.24) is 10.2 Å². The van der Waals surface area contributed by atoms with Crippen LogP contribution in [0.5, 0.6) is 5.75 Å². The second-order valence-corrected chi connectivity index (χ2v) is 9.07. The van der Waals surface area contributed by atoms with Gasteiger partial charge in [0.15, 0.2) is 0 Å². The van der Waals surface area contributed by atoms with Gasteiger partial charge in [-0.05, 0) is 73.8 Å². The molecule has 2 rings (SSSR count). The van der Waals surface area contributed by atoms with Crippen molar-refractivity contribution in [2.24, 2.45) is 10.7 Å². The smallest absolute Gasteiger partial charge is 0.252 e. The second-order valence-electron chi connectivity index (χ2n) is 9.07. The molecule has 0 saturated heterocycles. The van der Waals surface area contributed by atoms with Crippen LogP contribution >= 0.6 is 0 Å². The molecule has 0 aromatic heterocycles. The number of aliphatic hydroxyl groups excluding tert-OH is 1. The topological polar surface area (TPSA) is 112 Å². The van der Waals surface area contributed by atoms with Crippen LogP contribution in [0.25, 0.3) is 5.57 Å². The number of ether oxygens (including phenoxy) is 1. The van der Waals surface area contributed by atoms with Gasteiger partial charge in [0.25, 0.3) is 5.91 Å². The summed E-state index contributed by atoms with van der Waals surface area (Å²) in [6.45, 7) is 9.39. The summed E-state index contributed by atoms with van der Waals surface area (Å²) in [6, 6.07) is 11.4. The van der Waals surface area contributed by atoms with E-state index in [1.54, 1.807) is 20.4 Å². The van der Waals surface area contributed by atoms with Crippen LogP contribution in [-0.4, -0.2) is 69.1 Å². The summed E-state index contributed by atoms with van der Waals surface area (Å²) in [5.41, 5.74) is 10.7. The lowest BCUT2D eigenvalue weighted by molar-refractivity contribution is 0.0939. The summed E-state index contributed by atoms with van der Waals surface area (Å²) >= 11 is 0. The Balaban J connectivity index is 2.13. The molecule has 0 aliphatic carbocycles. The minimum Gasteiger partial charge on any atom is -0.497 e. The van der Waals surface area contributed by atoms with Crippen LogP contribution in [0.1, 0.15) is 59.8 Å². The molecule has 8 nitrogen and oxygen atoms in total. The predicted octanol–water partition coefficient (Wildman–Crippen LogP) is 4.00. The summed E-state index contributed by atoms with van der Waals surface area (Å²) in [7, 11) is 3.30. The molecule has 5 N–H and O–H groups in total. The molecule has 1 unspecified atom stereocenters. The molecule has 37 heavy (non-hydrogen) atoms. The van der Waals surface area contributed by atoms with Gasteiger partial charge in [0.1, 0.15) is 5.75 Å². The number of aliphatic hydroxyl groups is 1. The van der Waals surface area contributed by atoms with Crippen LogP contribution < -0.4 is 21.1 Å². The first-order valence-electron chi connectivity index (χ1n) is 12.9. The van der Waals surface area contributed by atoms with Gasteiger partial charge >= 0.3 is 0 Å². The Hall–Kier alpha value is -3.36. The highest BCUT2D eigenvalue weighted by Gasteiger charge is 2.16. The second kappa shape index (κ2) is 15.7. The fourth-order valence-corrected chi connectivity index (χ4v) is 4.06. The Kier molecular flexibility index (Phi) is 12.7. The quantitative estimate of drug-likeness (QED) is 0.270. The minimum absolute atomic E-state index is 0.146. The highest BCUT2D eigenvalue weighted by atomic mass is 16.5. The SMILES string of the molecule is CCCCN(CCO)CCNc1ccc(C)c(C(=O)NC(C)c2cc(OC)cc(/C(C=NC)=C/N)c2)c1. The molecule has 0 aliphatic rings. The summed E-state index contributed by atoms with van der Waals surface area (Å²) in [5.74, 6) is 0.529. The molecule has 0 aliphatic heterocycles. The van der Waals surface area contributed by atoms with Gasteiger partial charge in [-0.3, -0.25) is 14.7 Å². The number of carbonyl (C=O) groups is 1. The lowest BCUT2D eigenvalue weighted by atomic mass is 9.99. The third-order valence-corrected chi connectivity index (χ3v) is 6.28. The fraction of sp³-hybridized carbons (Fsp3) is 0.448. The molecule has 0 fully saturated rings. The standard InChI is InChI=1S/C29H43N5O3/c1-6-7-11-34(13-14-35)12-10-32-26-9-8-21(2)28(18-26)29(36)33-22(3)23-15-24(17-27(16-23)37-5)25(19-30)20-31-4/h8-9,15-20,22,32,35H,6-7,10-14,30H2,1-5H3,(H,33,36)/b25-19+,31-20?. The number of allylic oxidation sites excluding steroid dienone is 1. The van der Waals surface area contributed by atoms with Crippen molar-refractivity contribution >= 4 is 23.4 Å². The van der Waals surface area contributed by atoms with Crippen molar-refractivity contribution < 1.29 is 14.6 Å². The molecule has 0 heterocycles. The maximum atomic E-state index is 13.3. The number of hydrogen-bond acceptors (Lipinski definition) is 7. The number of hydrogen-bond donors (Lipinski definition) is 4. The van der Waals surface area contributed by atoms with Gasteiger partial charge in [-0.2, -0.15) is 0 Å². The number of amides is 1. The average Bonchev–Trinajstić information content (AvgIpc) is 2.90. The highest BCUT2D eigenvalue weighted by molar-refractivity contribution is 6.09. The maximum Gasteiger partial charge on any atom is 0.252 e. The number of rotatable bonds is 15. The van der Waals surface area contributed by atoms with Gasteiger partial charge in [-0.25, -0.2) is 0 Å². The van der Waals surface area contributed by atoms with E-state index in [2.05, 4.69) is 27.4 Å². The Bertz CT molecular complexity index is 1070. The van der Waals surface area contributed by atoms with Crippen LogP contribution in [-0.2, 0) is 0 Å². The first-order chi connectivity index (χ1) is 17.9. The number of methoxy groups -OCH3 is 1. The Morgan fingerprint density at radius 2 is 2.00 bits per heavy atom. The lowest BCUT2D eigenvalue weighted by Crippen LogP contribution is -2.32. The van der Waals surface area contributed by atoms with Crippen LogP contribution in [0.15, 0.2) is 47.6 Å². The fourth-order valence-electron chi connectivity index (χ4n) is 4.06. The van der Waals surface area contributed by atoms with Crippen molar-refractivity contribution in [2.75, 3.05) is 52.3 Å². The van der Waals surface area contributed by atoms with Crippen molar-refractivity contribution in [3.63, 3.8) is 0 Å². The van der Waals surface area contributed by atoms with Crippen molar-refractivity contribution in [3.8, 4) is 5.75 Å². The molecule has 1 atom stereocenters. The molecular formula is C29H43N5O3. The van der Waals surface area contributed by atoms with E-state index in [9.17, 15) is 9.90 Å². The molecule has 0 spiro atoms. The van der Waals surface area contributed by atoms with Crippen molar-refractivity contribution in [3.05, 3.63) is 64.9 Å². The Labute approximate surface area is 221 Å². The van der Waals surface area contributed by atoms with E-state index in [1.165, 1.54) is 6.20 Å². The molecule has 2 aromatic carbocycles. The number of unbranched alkanes of at least 4 members (excludes halogenated alkanes) is 1. The van der Waals surface area contributed by atoms with Crippen LogP contribution in [0.4, 0.5) is 5.69 Å². The average molecular weight is 510 g/mol. The zero-order valence-corrected chi connectivity index (χ0v) is 22.9. The normalized spacial score (nSPS) is 12.7. The van der Waals surface area contributed by atoms with Gasteiger partial charge in [0.05, 0.1) is 19.8 Å². The van der Waals surface area contributed by atoms with Gasteiger partial charge in [-0.15, -0.1) is 0 Å². The number of anilines is 1.